The van der Waals surface area contributed by atoms with Crippen LogP contribution in [-0.2, 0) is 16.0 Å². The molecule has 35 heavy (non-hydrogen) atoms. The van der Waals surface area contributed by atoms with Crippen LogP contribution < -0.4 is 9.64 Å². The second-order valence-corrected chi connectivity index (χ2v) is 8.52. The molecule has 0 aliphatic heterocycles. The molecular weight excluding hydrogens is 459 g/mol. The zero-order valence-electron chi connectivity index (χ0n) is 19.4. The van der Waals surface area contributed by atoms with E-state index >= 15 is 0 Å². The number of rotatable bonds is 9. The van der Waals surface area contributed by atoms with Crippen LogP contribution in [0.3, 0.4) is 0 Å². The number of carboxylic acid groups (broad SMARTS) is 1. The number of carbonyl (C=O) groups excluding carboxylic acids is 1. The molecule has 0 unspecified atom stereocenters. The number of amides is 1. The Hall–Kier alpha value is -3.81. The van der Waals surface area contributed by atoms with E-state index < -0.39 is 23.8 Å². The predicted molar refractivity (Wildman–Crippen MR) is 127 cm³/mol. The maximum Gasteiger partial charge on any atom is 0.491 e. The van der Waals surface area contributed by atoms with Crippen LogP contribution in [0.1, 0.15) is 32.3 Å². The minimum atomic E-state index is -4.85. The number of alkyl halides is 3. The monoisotopic (exact) mass is 485 g/mol. The fraction of sp³-hybridized carbons (Fsp3) is 0.259. The Morgan fingerprint density at radius 3 is 1.97 bits per heavy atom. The highest BCUT2D eigenvalue weighted by molar-refractivity contribution is 5.94. The average Bonchev–Trinajstić information content (AvgIpc) is 2.80. The number of benzene rings is 3. The van der Waals surface area contributed by atoms with Crippen molar-refractivity contribution in [3.63, 3.8) is 0 Å². The van der Waals surface area contributed by atoms with Gasteiger partial charge in [0.15, 0.2) is 5.60 Å². The summed E-state index contributed by atoms with van der Waals surface area (Å²) in [4.78, 5) is 23.6. The molecule has 0 spiro atoms. The molecular formula is C27H26F3NO4. The van der Waals surface area contributed by atoms with Gasteiger partial charge in [0.25, 0.3) is 0 Å². The number of aryl methyl sites for hydroxylation is 1. The molecule has 0 aliphatic carbocycles. The third-order valence-electron chi connectivity index (χ3n) is 5.40. The van der Waals surface area contributed by atoms with Crippen LogP contribution in [0, 0.1) is 0 Å². The molecule has 1 amide bonds. The summed E-state index contributed by atoms with van der Waals surface area (Å²) in [6.45, 7) is 2.85. The van der Waals surface area contributed by atoms with Gasteiger partial charge in [-0.25, -0.2) is 9.69 Å². The number of aliphatic carboxylic acids is 1. The minimum Gasteiger partial charge on any atom is -0.478 e. The van der Waals surface area contributed by atoms with E-state index in [1.165, 1.54) is 26.0 Å². The third kappa shape index (κ3) is 6.85. The van der Waals surface area contributed by atoms with Gasteiger partial charge < -0.3 is 9.84 Å². The van der Waals surface area contributed by atoms with E-state index in [1.54, 1.807) is 36.4 Å². The second-order valence-electron chi connectivity index (χ2n) is 8.52. The normalized spacial score (nSPS) is 11.7. The summed E-state index contributed by atoms with van der Waals surface area (Å²) in [6.07, 6.45) is -4.53. The molecule has 0 atom stereocenters. The van der Waals surface area contributed by atoms with Gasteiger partial charge in [-0.1, -0.05) is 54.6 Å². The lowest BCUT2D eigenvalue weighted by molar-refractivity contribution is -0.152. The first-order chi connectivity index (χ1) is 16.5. The number of halogens is 3. The smallest absolute Gasteiger partial charge is 0.478 e. The van der Waals surface area contributed by atoms with Gasteiger partial charge in [-0.2, -0.15) is 0 Å². The van der Waals surface area contributed by atoms with E-state index in [2.05, 4.69) is 0 Å². The molecule has 3 rings (SSSR count). The highest BCUT2D eigenvalue weighted by Crippen LogP contribution is 2.31. The number of anilines is 1. The Bertz CT molecular complexity index is 1140. The van der Waals surface area contributed by atoms with Gasteiger partial charge in [-0.15, -0.1) is 13.2 Å². The van der Waals surface area contributed by atoms with E-state index in [1.807, 2.05) is 30.3 Å². The molecule has 0 aliphatic rings. The van der Waals surface area contributed by atoms with Crippen LogP contribution in [-0.4, -0.2) is 28.9 Å². The van der Waals surface area contributed by atoms with Gasteiger partial charge in [-0.05, 0) is 67.6 Å². The Kier molecular flexibility index (Phi) is 7.84. The van der Waals surface area contributed by atoms with E-state index in [0.717, 1.165) is 16.7 Å². The number of carbonyl (C=O) groups is 2. The molecule has 8 heteroatoms. The van der Waals surface area contributed by atoms with Crippen molar-refractivity contribution >= 4 is 17.6 Å². The van der Waals surface area contributed by atoms with Crippen LogP contribution in [0.25, 0.3) is 11.1 Å². The molecule has 3 aromatic carbocycles. The van der Waals surface area contributed by atoms with Crippen molar-refractivity contribution in [2.75, 3.05) is 4.90 Å². The highest BCUT2D eigenvalue weighted by atomic mass is 19.4. The van der Waals surface area contributed by atoms with E-state index in [-0.39, 0.29) is 23.4 Å². The topological polar surface area (TPSA) is 66.8 Å². The summed E-state index contributed by atoms with van der Waals surface area (Å²) in [7, 11) is 0. The first-order valence-corrected chi connectivity index (χ1v) is 11.0. The number of ether oxygens (including phenoxy) is 1. The van der Waals surface area contributed by atoms with Gasteiger partial charge in [0.05, 0.1) is 5.69 Å². The van der Waals surface area contributed by atoms with Crippen LogP contribution >= 0.6 is 0 Å². The van der Waals surface area contributed by atoms with Gasteiger partial charge in [0.2, 0.25) is 5.91 Å². The van der Waals surface area contributed by atoms with Crippen LogP contribution in [0.4, 0.5) is 18.9 Å². The first-order valence-electron chi connectivity index (χ1n) is 11.0. The van der Waals surface area contributed by atoms with Gasteiger partial charge in [-0.3, -0.25) is 4.79 Å². The van der Waals surface area contributed by atoms with Crippen molar-refractivity contribution in [1.82, 2.24) is 0 Å². The van der Waals surface area contributed by atoms with Crippen molar-refractivity contribution in [2.45, 2.75) is 45.0 Å². The standard InChI is InChI=1S/C27H26F3NO4/c1-26(2,25(33)34)35-23-17-11-19(12-18-23)7-6-10-24(32)31(27(28,29)30)22-15-13-21(14-16-22)20-8-4-3-5-9-20/h3-5,8-9,11-18H,6-7,10H2,1-2H3,(H,33,34). The SMILES string of the molecule is CC(C)(Oc1ccc(CCCC(=O)N(c2ccc(-c3ccccc3)cc2)C(F)(F)F)cc1)C(=O)O. The molecule has 0 saturated heterocycles. The molecule has 1 N–H and O–H groups in total. The molecule has 0 aromatic heterocycles. The molecule has 0 bridgehead atoms. The number of carboxylic acids is 1. The number of nitrogens with zero attached hydrogens (tertiary/aromatic N) is 1. The molecule has 5 nitrogen and oxygen atoms in total. The maximum atomic E-state index is 13.7. The molecule has 0 radical (unpaired) electrons. The Morgan fingerprint density at radius 2 is 1.43 bits per heavy atom. The summed E-state index contributed by atoms with van der Waals surface area (Å²) in [5.41, 5.74) is 0.789. The lowest BCUT2D eigenvalue weighted by atomic mass is 10.0. The molecule has 3 aromatic rings. The second kappa shape index (κ2) is 10.6. The molecule has 0 heterocycles. The Morgan fingerprint density at radius 1 is 0.857 bits per heavy atom. The summed E-state index contributed by atoms with van der Waals surface area (Å²) in [5, 5.41) is 9.13. The fourth-order valence-electron chi connectivity index (χ4n) is 3.48. The van der Waals surface area contributed by atoms with Crippen molar-refractivity contribution in [3.05, 3.63) is 84.4 Å². The van der Waals surface area contributed by atoms with E-state index in [9.17, 15) is 22.8 Å². The summed E-state index contributed by atoms with van der Waals surface area (Å²) >= 11 is 0. The third-order valence-corrected chi connectivity index (χ3v) is 5.40. The predicted octanol–water partition coefficient (Wildman–Crippen LogP) is 6.47. The van der Waals surface area contributed by atoms with Crippen LogP contribution in [0.5, 0.6) is 5.75 Å². The first kappa shape index (κ1) is 25.8. The number of hydrogen-bond acceptors (Lipinski definition) is 3. The van der Waals surface area contributed by atoms with Gasteiger partial charge in [0, 0.05) is 6.42 Å². The van der Waals surface area contributed by atoms with Crippen molar-refractivity contribution in [2.24, 2.45) is 0 Å². The number of hydrogen-bond donors (Lipinski definition) is 1. The minimum absolute atomic E-state index is 0.118. The lowest BCUT2D eigenvalue weighted by Crippen LogP contribution is -2.43. The molecule has 0 fully saturated rings. The fourth-order valence-corrected chi connectivity index (χ4v) is 3.48. The summed E-state index contributed by atoms with van der Waals surface area (Å²) in [5.74, 6) is -1.78. The van der Waals surface area contributed by atoms with Gasteiger partial charge >= 0.3 is 12.3 Å². The average molecular weight is 486 g/mol. The van der Waals surface area contributed by atoms with Crippen molar-refractivity contribution < 1.29 is 32.6 Å². The summed E-state index contributed by atoms with van der Waals surface area (Å²) in [6, 6.07) is 21.5. The van der Waals surface area contributed by atoms with Crippen LogP contribution in [0.2, 0.25) is 0 Å². The largest absolute Gasteiger partial charge is 0.491 e. The molecule has 0 saturated carbocycles. The summed E-state index contributed by atoms with van der Waals surface area (Å²) < 4.78 is 46.6. The zero-order chi connectivity index (χ0) is 25.6. The lowest BCUT2D eigenvalue weighted by Gasteiger charge is -2.25. The van der Waals surface area contributed by atoms with Crippen LogP contribution in [0.15, 0.2) is 78.9 Å². The Balaban J connectivity index is 1.62. The Labute approximate surface area is 201 Å². The van der Waals surface area contributed by atoms with Crippen molar-refractivity contribution in [3.8, 4) is 16.9 Å². The van der Waals surface area contributed by atoms with E-state index in [4.69, 9.17) is 9.84 Å². The zero-order valence-corrected chi connectivity index (χ0v) is 19.4. The quantitative estimate of drug-likeness (QED) is 0.353. The van der Waals surface area contributed by atoms with E-state index in [0.29, 0.717) is 12.2 Å². The van der Waals surface area contributed by atoms with Gasteiger partial charge in [0.1, 0.15) is 5.75 Å². The molecule has 184 valence electrons. The maximum absolute atomic E-state index is 13.7. The highest BCUT2D eigenvalue weighted by Gasteiger charge is 2.41. The van der Waals surface area contributed by atoms with Crippen molar-refractivity contribution in [1.29, 1.82) is 0 Å².